The highest BCUT2D eigenvalue weighted by molar-refractivity contribution is 7.87. The Bertz CT molecular complexity index is 1230. The van der Waals surface area contributed by atoms with Crippen molar-refractivity contribution in [3.63, 3.8) is 0 Å². The zero-order valence-electron chi connectivity index (χ0n) is 19.6. The monoisotopic (exact) mass is 561 g/mol. The van der Waals surface area contributed by atoms with Crippen molar-refractivity contribution < 1.29 is 59.0 Å². The van der Waals surface area contributed by atoms with Crippen LogP contribution in [0.15, 0.2) is 60.7 Å². The molecular weight excluding hydrogens is 539 g/mol. The minimum absolute atomic E-state index is 0.0861. The van der Waals surface area contributed by atoms with Crippen molar-refractivity contribution in [2.75, 3.05) is 13.7 Å². The summed E-state index contributed by atoms with van der Waals surface area (Å²) in [5.41, 5.74) is -5.20. The van der Waals surface area contributed by atoms with E-state index in [-0.39, 0.29) is 12.2 Å². The molecule has 2 heterocycles. The number of rotatable bonds is 6. The Morgan fingerprint density at radius 2 is 1.61 bits per heavy atom. The molecule has 0 saturated carbocycles. The number of methoxy groups -OCH3 is 1. The lowest BCUT2D eigenvalue weighted by molar-refractivity contribution is -0.354. The minimum atomic E-state index is -6.20. The quantitative estimate of drug-likeness (QED) is 0.414. The third-order valence-corrected chi connectivity index (χ3v) is 6.65. The third-order valence-electron chi connectivity index (χ3n) is 5.60. The van der Waals surface area contributed by atoms with Crippen molar-refractivity contribution in [1.29, 1.82) is 0 Å². The molecule has 0 radical (unpaired) electrons. The molecular formula is C23H22F3NO10S. The molecule has 0 bridgehead atoms. The molecule has 0 spiro atoms. The summed E-state index contributed by atoms with van der Waals surface area (Å²) in [6.45, 7) is -0.187. The van der Waals surface area contributed by atoms with E-state index >= 15 is 0 Å². The number of nitrogens with one attached hydrogen (secondary N) is 1. The maximum Gasteiger partial charge on any atom is 0.523 e. The van der Waals surface area contributed by atoms with E-state index in [0.717, 1.165) is 7.11 Å². The van der Waals surface area contributed by atoms with E-state index in [9.17, 15) is 31.2 Å². The maximum absolute atomic E-state index is 13.2. The van der Waals surface area contributed by atoms with Crippen molar-refractivity contribution in [2.45, 2.75) is 42.5 Å². The van der Waals surface area contributed by atoms with Crippen molar-refractivity contribution in [1.82, 2.24) is 5.32 Å². The molecule has 2 amide bonds. The van der Waals surface area contributed by atoms with Crippen molar-refractivity contribution in [2.24, 2.45) is 0 Å². The molecule has 15 heteroatoms. The fourth-order valence-electron chi connectivity index (χ4n) is 3.86. The molecule has 6 atom stereocenters. The summed E-state index contributed by atoms with van der Waals surface area (Å²) in [5.74, 6) is -0.877. The third kappa shape index (κ3) is 6.14. The van der Waals surface area contributed by atoms with Crippen molar-refractivity contribution in [3.8, 4) is 0 Å². The van der Waals surface area contributed by atoms with Gasteiger partial charge in [-0.25, -0.2) is 4.79 Å². The number of benzene rings is 2. The normalized spacial score (nSPS) is 27.7. The lowest BCUT2D eigenvalue weighted by Crippen LogP contribution is -2.65. The summed E-state index contributed by atoms with van der Waals surface area (Å²) < 4.78 is 95.1. The first-order chi connectivity index (χ1) is 18.0. The van der Waals surface area contributed by atoms with Gasteiger partial charge in [0, 0.05) is 18.2 Å². The number of carbonyl (C=O) groups excluding carboxylic acids is 2. The number of fused-ring (bicyclic) bond motifs is 1. The summed E-state index contributed by atoms with van der Waals surface area (Å²) in [4.78, 5) is 25.1. The van der Waals surface area contributed by atoms with E-state index < -0.39 is 64.6 Å². The van der Waals surface area contributed by atoms with Gasteiger partial charge in [-0.05, 0) is 12.1 Å². The number of alkyl carbamates (subject to hydrolysis) is 1. The number of hydrogen-bond acceptors (Lipinski definition) is 10. The largest absolute Gasteiger partial charge is 0.523 e. The number of halogens is 3. The number of amides is 2. The van der Waals surface area contributed by atoms with Gasteiger partial charge in [-0.1, -0.05) is 48.5 Å². The second kappa shape index (κ2) is 11.3. The van der Waals surface area contributed by atoms with Crippen LogP contribution in [0.1, 0.15) is 22.2 Å². The fourth-order valence-corrected chi connectivity index (χ4v) is 4.46. The summed E-state index contributed by atoms with van der Waals surface area (Å²) in [7, 11) is -5.18. The van der Waals surface area contributed by atoms with Gasteiger partial charge in [0.1, 0.15) is 12.2 Å². The highest BCUT2D eigenvalue weighted by Crippen LogP contribution is 2.38. The summed E-state index contributed by atoms with van der Waals surface area (Å²) in [5, 5.41) is 1.93. The second-order valence-electron chi connectivity index (χ2n) is 8.11. The maximum atomic E-state index is 13.2. The van der Waals surface area contributed by atoms with Crippen LogP contribution < -0.4 is 5.32 Å². The van der Waals surface area contributed by atoms with Crippen LogP contribution in [-0.4, -0.2) is 70.3 Å². The van der Waals surface area contributed by atoms with E-state index in [1.54, 1.807) is 36.4 Å². The van der Waals surface area contributed by atoms with Crippen LogP contribution in [-0.2, 0) is 38.0 Å². The first-order valence-electron chi connectivity index (χ1n) is 11.1. The molecule has 2 aliphatic rings. The predicted molar refractivity (Wildman–Crippen MR) is 120 cm³/mol. The van der Waals surface area contributed by atoms with Crippen LogP contribution in [0.25, 0.3) is 0 Å². The Labute approximate surface area is 214 Å². The van der Waals surface area contributed by atoms with E-state index in [1.807, 2.05) is 5.32 Å². The molecule has 0 aromatic heterocycles. The fraction of sp³-hybridized carbons (Fsp3) is 0.391. The molecule has 38 heavy (non-hydrogen) atoms. The molecule has 2 fully saturated rings. The van der Waals surface area contributed by atoms with Gasteiger partial charge in [-0.3, -0.25) is 14.3 Å². The first kappa shape index (κ1) is 27.9. The smallest absolute Gasteiger partial charge is 0.440 e. The number of hydrogen-bond donors (Lipinski definition) is 1. The predicted octanol–water partition coefficient (Wildman–Crippen LogP) is 2.64. The Balaban J connectivity index is 1.63. The molecule has 206 valence electrons. The standard InChI is InChI=1S/C23H22F3NO10S/c1-32-21-18(37-38(30,31)23(24,25)26)17(36-22(29)27-19(28)13-8-4-2-5-9-13)16-15(34-21)12-33-20(35-16)14-10-6-3-7-11-14/h2-11,15-18,20-21H,12H2,1H3,(H,27,28,29)/t15-,16-,17+,18-,20?,21+/m1/s1. The van der Waals surface area contributed by atoms with Gasteiger partial charge in [-0.2, -0.15) is 21.6 Å². The van der Waals surface area contributed by atoms with Gasteiger partial charge in [0.05, 0.1) is 6.61 Å². The Morgan fingerprint density at radius 3 is 2.21 bits per heavy atom. The van der Waals surface area contributed by atoms with Gasteiger partial charge < -0.3 is 23.7 Å². The first-order valence-corrected chi connectivity index (χ1v) is 12.5. The molecule has 2 aromatic carbocycles. The van der Waals surface area contributed by atoms with E-state index in [0.29, 0.717) is 5.56 Å². The average Bonchev–Trinajstić information content (AvgIpc) is 2.89. The van der Waals surface area contributed by atoms with Gasteiger partial charge >= 0.3 is 21.7 Å². The van der Waals surface area contributed by atoms with Gasteiger partial charge in [-0.15, -0.1) is 0 Å². The highest BCUT2D eigenvalue weighted by atomic mass is 32.2. The molecule has 0 aliphatic carbocycles. The van der Waals surface area contributed by atoms with Gasteiger partial charge in [0.2, 0.25) is 0 Å². The van der Waals surface area contributed by atoms with E-state index in [4.69, 9.17) is 23.7 Å². The lowest BCUT2D eigenvalue weighted by atomic mass is 9.97. The zero-order chi connectivity index (χ0) is 27.5. The zero-order valence-corrected chi connectivity index (χ0v) is 20.4. The Hall–Kier alpha value is -3.08. The van der Waals surface area contributed by atoms with Crippen LogP contribution in [0.2, 0.25) is 0 Å². The van der Waals surface area contributed by atoms with Crippen LogP contribution in [0.3, 0.4) is 0 Å². The van der Waals surface area contributed by atoms with Crippen LogP contribution in [0.4, 0.5) is 18.0 Å². The van der Waals surface area contributed by atoms with Crippen LogP contribution in [0, 0.1) is 0 Å². The van der Waals surface area contributed by atoms with Crippen molar-refractivity contribution in [3.05, 3.63) is 71.8 Å². The molecule has 4 rings (SSSR count). The van der Waals surface area contributed by atoms with E-state index in [1.165, 1.54) is 24.3 Å². The average molecular weight is 561 g/mol. The van der Waals surface area contributed by atoms with Crippen molar-refractivity contribution >= 4 is 22.1 Å². The molecule has 11 nitrogen and oxygen atoms in total. The summed E-state index contributed by atoms with van der Waals surface area (Å²) in [6, 6.07) is 15.9. The van der Waals surface area contributed by atoms with Crippen LogP contribution >= 0.6 is 0 Å². The number of ether oxygens (including phenoxy) is 5. The number of alkyl halides is 3. The number of carbonyl (C=O) groups is 2. The number of imide groups is 1. The molecule has 2 aliphatic heterocycles. The molecule has 1 N–H and O–H groups in total. The molecule has 2 saturated heterocycles. The lowest BCUT2D eigenvalue weighted by Gasteiger charge is -2.47. The molecule has 1 unspecified atom stereocenters. The topological polar surface area (TPSA) is 136 Å². The van der Waals surface area contributed by atoms with Gasteiger partial charge in [0.25, 0.3) is 5.91 Å². The summed E-state index contributed by atoms with van der Waals surface area (Å²) >= 11 is 0. The summed E-state index contributed by atoms with van der Waals surface area (Å²) in [6.07, 6.45) is -10.7. The Morgan fingerprint density at radius 1 is 0.974 bits per heavy atom. The van der Waals surface area contributed by atoms with Crippen LogP contribution in [0.5, 0.6) is 0 Å². The molecule has 2 aromatic rings. The highest BCUT2D eigenvalue weighted by Gasteiger charge is 2.58. The second-order valence-corrected chi connectivity index (χ2v) is 9.67. The Kier molecular flexibility index (Phi) is 8.34. The van der Waals surface area contributed by atoms with E-state index in [2.05, 4.69) is 4.18 Å². The van der Waals surface area contributed by atoms with Gasteiger partial charge in [0.15, 0.2) is 24.8 Å². The minimum Gasteiger partial charge on any atom is -0.440 e. The SMILES string of the molecule is CO[C@H]1O[C@@H]2COC(c3ccccc3)O[C@H]2[C@H](OC(=O)NC(=O)c2ccccc2)[C@H]1OS(=O)(=O)C(F)(F)F.